The van der Waals surface area contributed by atoms with Crippen LogP contribution < -0.4 is 20.9 Å². The Morgan fingerprint density at radius 3 is 1.82 bits per heavy atom. The maximum absolute atomic E-state index is 6.00. The first-order chi connectivity index (χ1) is 16.0. The highest BCUT2D eigenvalue weighted by molar-refractivity contribution is 6.30. The van der Waals surface area contributed by atoms with Crippen LogP contribution in [0, 0.1) is 0 Å². The summed E-state index contributed by atoms with van der Waals surface area (Å²) < 4.78 is 0. The number of hydrogen-bond acceptors (Lipinski definition) is 7. The fourth-order valence-electron chi connectivity index (χ4n) is 3.90. The molecule has 3 N–H and O–H groups in total. The maximum atomic E-state index is 6.00. The molecule has 174 valence electrons. The van der Waals surface area contributed by atoms with Crippen LogP contribution in [0.2, 0.25) is 5.02 Å². The Kier molecular flexibility index (Phi) is 7.83. The van der Waals surface area contributed by atoms with Gasteiger partial charge >= 0.3 is 0 Å². The van der Waals surface area contributed by atoms with Crippen molar-refractivity contribution in [2.45, 2.75) is 51.2 Å². The second kappa shape index (κ2) is 11.2. The third-order valence-electron chi connectivity index (χ3n) is 5.84. The van der Waals surface area contributed by atoms with E-state index in [2.05, 4.69) is 60.1 Å². The highest BCUT2D eigenvalue weighted by Gasteiger charge is 2.15. The number of anilines is 4. The van der Waals surface area contributed by atoms with Gasteiger partial charge in [-0.3, -0.25) is 0 Å². The summed E-state index contributed by atoms with van der Waals surface area (Å²) in [5.74, 6) is 1.71. The molecule has 2 aromatic carbocycles. The molecule has 0 unspecified atom stereocenters. The van der Waals surface area contributed by atoms with Crippen LogP contribution in [0.3, 0.4) is 0 Å². The van der Waals surface area contributed by atoms with Gasteiger partial charge in [-0.1, -0.05) is 55.1 Å². The zero-order valence-corrected chi connectivity index (χ0v) is 20.1. The Morgan fingerprint density at radius 2 is 1.27 bits per heavy atom. The first-order valence-corrected chi connectivity index (χ1v) is 11.9. The van der Waals surface area contributed by atoms with E-state index in [0.717, 1.165) is 23.4 Å². The molecule has 1 aliphatic rings. The van der Waals surface area contributed by atoms with Gasteiger partial charge in [-0.05, 0) is 48.2 Å². The summed E-state index contributed by atoms with van der Waals surface area (Å²) in [4.78, 5) is 16.0. The summed E-state index contributed by atoms with van der Waals surface area (Å²) in [5.41, 5.74) is 3.45. The van der Waals surface area contributed by atoms with E-state index in [0.29, 0.717) is 37.0 Å². The molecule has 1 aliphatic carbocycles. The monoisotopic (exact) mass is 465 g/mol. The van der Waals surface area contributed by atoms with E-state index in [9.17, 15) is 0 Å². The lowest BCUT2D eigenvalue weighted by Crippen LogP contribution is -2.24. The molecule has 0 spiro atoms. The molecule has 7 nitrogen and oxygen atoms in total. The molecule has 1 aromatic heterocycles. The maximum Gasteiger partial charge on any atom is 0.229 e. The molecule has 8 heteroatoms. The Balaban J connectivity index is 1.46. The van der Waals surface area contributed by atoms with E-state index in [4.69, 9.17) is 11.6 Å². The van der Waals surface area contributed by atoms with E-state index in [1.54, 1.807) is 0 Å². The molecule has 1 heterocycles. The van der Waals surface area contributed by atoms with E-state index in [1.807, 2.05) is 38.4 Å². The second-order valence-electron chi connectivity index (χ2n) is 8.68. The van der Waals surface area contributed by atoms with Crippen molar-refractivity contribution in [1.82, 2.24) is 15.0 Å². The number of nitrogens with one attached hydrogen (secondary N) is 3. The quantitative estimate of drug-likeness (QED) is 0.381. The Labute approximate surface area is 201 Å². The predicted octanol–water partition coefficient (Wildman–Crippen LogP) is 5.56. The van der Waals surface area contributed by atoms with Crippen molar-refractivity contribution in [3.05, 3.63) is 64.7 Å². The molecule has 0 aliphatic heterocycles. The molecule has 0 saturated heterocycles. The standard InChI is InChI=1S/C25H32ClN7/c1-33(2)22-14-10-19(11-15-22)17-28-24-30-23(27-16-18-8-12-20(26)13-9-18)31-25(32-24)29-21-6-4-3-5-7-21/h8-15,21H,3-7,16-17H2,1-2H3,(H3,27,28,29,30,31,32). The topological polar surface area (TPSA) is 78.0 Å². The third-order valence-corrected chi connectivity index (χ3v) is 6.09. The average Bonchev–Trinajstić information content (AvgIpc) is 2.83. The minimum absolute atomic E-state index is 0.414. The van der Waals surface area contributed by atoms with Crippen LogP contribution >= 0.6 is 11.6 Å². The molecule has 1 fully saturated rings. The lowest BCUT2D eigenvalue weighted by molar-refractivity contribution is 0.461. The van der Waals surface area contributed by atoms with Crippen molar-refractivity contribution in [3.8, 4) is 0 Å². The highest BCUT2D eigenvalue weighted by Crippen LogP contribution is 2.22. The van der Waals surface area contributed by atoms with E-state index < -0.39 is 0 Å². The largest absolute Gasteiger partial charge is 0.378 e. The molecule has 1 saturated carbocycles. The van der Waals surface area contributed by atoms with Gasteiger partial charge in [0.1, 0.15) is 0 Å². The fraction of sp³-hybridized carbons (Fsp3) is 0.400. The summed E-state index contributed by atoms with van der Waals surface area (Å²) in [5, 5.41) is 10.9. The summed E-state index contributed by atoms with van der Waals surface area (Å²) >= 11 is 6.00. The molecular formula is C25H32ClN7. The second-order valence-corrected chi connectivity index (χ2v) is 9.12. The number of rotatable bonds is 9. The normalized spacial score (nSPS) is 14.0. The molecule has 33 heavy (non-hydrogen) atoms. The summed E-state index contributed by atoms with van der Waals surface area (Å²) in [6, 6.07) is 16.6. The van der Waals surface area contributed by atoms with E-state index in [-0.39, 0.29) is 0 Å². The zero-order chi connectivity index (χ0) is 23.0. The predicted molar refractivity (Wildman–Crippen MR) is 137 cm³/mol. The van der Waals surface area contributed by atoms with Crippen molar-refractivity contribution in [1.29, 1.82) is 0 Å². The molecule has 4 rings (SSSR count). The van der Waals surface area contributed by atoms with Crippen LogP contribution in [-0.2, 0) is 13.1 Å². The number of nitrogens with zero attached hydrogens (tertiary/aromatic N) is 4. The summed E-state index contributed by atoms with van der Waals surface area (Å²) in [6.07, 6.45) is 6.11. The minimum Gasteiger partial charge on any atom is -0.378 e. The highest BCUT2D eigenvalue weighted by atomic mass is 35.5. The fourth-order valence-corrected chi connectivity index (χ4v) is 4.03. The van der Waals surface area contributed by atoms with Crippen molar-refractivity contribution in [3.63, 3.8) is 0 Å². The Morgan fingerprint density at radius 1 is 0.758 bits per heavy atom. The lowest BCUT2D eigenvalue weighted by atomic mass is 9.96. The number of benzene rings is 2. The van der Waals surface area contributed by atoms with Crippen LogP contribution in [0.5, 0.6) is 0 Å². The van der Waals surface area contributed by atoms with E-state index in [1.165, 1.54) is 30.5 Å². The molecule has 0 bridgehead atoms. The molecule has 0 radical (unpaired) electrons. The van der Waals surface area contributed by atoms with Gasteiger partial charge in [0, 0.05) is 43.9 Å². The van der Waals surface area contributed by atoms with Crippen LogP contribution in [0.15, 0.2) is 48.5 Å². The van der Waals surface area contributed by atoms with Crippen LogP contribution in [0.1, 0.15) is 43.2 Å². The van der Waals surface area contributed by atoms with Gasteiger partial charge in [0.2, 0.25) is 17.8 Å². The van der Waals surface area contributed by atoms with Crippen molar-refractivity contribution < 1.29 is 0 Å². The summed E-state index contributed by atoms with van der Waals surface area (Å²) in [6.45, 7) is 1.24. The van der Waals surface area contributed by atoms with E-state index >= 15 is 0 Å². The molecular weight excluding hydrogens is 434 g/mol. The Hall–Kier alpha value is -3.06. The Bertz CT molecular complexity index is 1020. The van der Waals surface area contributed by atoms with Gasteiger partial charge in [-0.25, -0.2) is 0 Å². The van der Waals surface area contributed by atoms with Gasteiger partial charge in [0.15, 0.2) is 0 Å². The van der Waals surface area contributed by atoms with Gasteiger partial charge in [-0.2, -0.15) is 15.0 Å². The van der Waals surface area contributed by atoms with Crippen LogP contribution in [0.4, 0.5) is 23.5 Å². The smallest absolute Gasteiger partial charge is 0.229 e. The van der Waals surface area contributed by atoms with Gasteiger partial charge in [0.25, 0.3) is 0 Å². The van der Waals surface area contributed by atoms with Crippen molar-refractivity contribution >= 4 is 35.1 Å². The van der Waals surface area contributed by atoms with Gasteiger partial charge < -0.3 is 20.9 Å². The zero-order valence-electron chi connectivity index (χ0n) is 19.3. The van der Waals surface area contributed by atoms with Gasteiger partial charge in [-0.15, -0.1) is 0 Å². The number of hydrogen-bond donors (Lipinski definition) is 3. The molecule has 0 amide bonds. The van der Waals surface area contributed by atoms with Crippen LogP contribution in [-0.4, -0.2) is 35.1 Å². The number of halogens is 1. The first-order valence-electron chi connectivity index (χ1n) is 11.6. The average molecular weight is 466 g/mol. The summed E-state index contributed by atoms with van der Waals surface area (Å²) in [7, 11) is 4.08. The van der Waals surface area contributed by atoms with Crippen LogP contribution in [0.25, 0.3) is 0 Å². The molecule has 3 aromatic rings. The first kappa shape index (κ1) is 23.1. The van der Waals surface area contributed by atoms with Crippen molar-refractivity contribution in [2.75, 3.05) is 34.9 Å². The van der Waals surface area contributed by atoms with Gasteiger partial charge in [0.05, 0.1) is 0 Å². The SMILES string of the molecule is CN(C)c1ccc(CNc2nc(NCc3ccc(Cl)cc3)nc(NC3CCCCC3)n2)cc1. The lowest BCUT2D eigenvalue weighted by Gasteiger charge is -2.23. The molecule has 0 atom stereocenters. The minimum atomic E-state index is 0.414. The van der Waals surface area contributed by atoms with Crippen molar-refractivity contribution in [2.24, 2.45) is 0 Å². The third kappa shape index (κ3) is 6.96. The number of aromatic nitrogens is 3.